The summed E-state index contributed by atoms with van der Waals surface area (Å²) in [5.41, 5.74) is 0.991. The fourth-order valence-electron chi connectivity index (χ4n) is 2.47. The van der Waals surface area contributed by atoms with Crippen LogP contribution in [-0.4, -0.2) is 34.2 Å². The number of methoxy groups -OCH3 is 1. The number of nitrogens with zero attached hydrogens (tertiary/aromatic N) is 1. The number of sulfonamides is 1. The second-order valence-electron chi connectivity index (χ2n) is 5.78. The van der Waals surface area contributed by atoms with Gasteiger partial charge in [-0.15, -0.1) is 0 Å². The van der Waals surface area contributed by atoms with Crippen molar-refractivity contribution < 1.29 is 22.3 Å². The number of carbonyl (C=O) groups excluding carboxylic acids is 1. The first-order chi connectivity index (χ1) is 12.2. The van der Waals surface area contributed by atoms with E-state index in [-0.39, 0.29) is 11.5 Å². The van der Waals surface area contributed by atoms with Gasteiger partial charge in [-0.3, -0.25) is 9.10 Å². The van der Waals surface area contributed by atoms with Crippen molar-refractivity contribution in [1.82, 2.24) is 5.32 Å². The highest BCUT2D eigenvalue weighted by Gasteiger charge is 2.24. The van der Waals surface area contributed by atoms with Crippen LogP contribution >= 0.6 is 0 Å². The number of hydrogen-bond donors (Lipinski definition) is 1. The molecule has 0 unspecified atom stereocenters. The normalized spacial score (nSPS) is 12.3. The lowest BCUT2D eigenvalue weighted by Crippen LogP contribution is -2.41. The van der Waals surface area contributed by atoms with Crippen LogP contribution in [0.3, 0.4) is 0 Å². The average Bonchev–Trinajstić information content (AvgIpc) is 2.59. The fraction of sp³-hybridized carbons (Fsp3) is 0.278. The highest BCUT2D eigenvalue weighted by atomic mass is 32.2. The summed E-state index contributed by atoms with van der Waals surface area (Å²) in [5.74, 6) is -0.512. The molecule has 0 aliphatic heterocycles. The molecule has 0 aliphatic rings. The quantitative estimate of drug-likeness (QED) is 0.801. The Morgan fingerprint density at radius 1 is 1.19 bits per heavy atom. The van der Waals surface area contributed by atoms with Gasteiger partial charge in [0.2, 0.25) is 15.9 Å². The van der Waals surface area contributed by atoms with Crippen molar-refractivity contribution in [3.05, 3.63) is 59.9 Å². The topological polar surface area (TPSA) is 75.7 Å². The molecule has 2 rings (SSSR count). The molecule has 8 heteroatoms. The van der Waals surface area contributed by atoms with E-state index < -0.39 is 28.5 Å². The molecule has 0 aromatic heterocycles. The molecule has 0 bridgehead atoms. The Morgan fingerprint density at radius 2 is 1.81 bits per heavy atom. The molecule has 2 aromatic carbocycles. The zero-order valence-corrected chi connectivity index (χ0v) is 15.6. The van der Waals surface area contributed by atoms with Crippen LogP contribution in [0.25, 0.3) is 0 Å². The van der Waals surface area contributed by atoms with Crippen molar-refractivity contribution >= 4 is 21.6 Å². The van der Waals surface area contributed by atoms with Crippen molar-refractivity contribution in [2.75, 3.05) is 24.2 Å². The van der Waals surface area contributed by atoms with Gasteiger partial charge in [-0.05, 0) is 36.8 Å². The Labute approximate surface area is 152 Å². The van der Waals surface area contributed by atoms with Gasteiger partial charge in [0.25, 0.3) is 0 Å². The van der Waals surface area contributed by atoms with E-state index in [1.807, 2.05) is 0 Å². The summed E-state index contributed by atoms with van der Waals surface area (Å²) in [6.07, 6.45) is 1.02. The number of carbonyl (C=O) groups is 1. The molecule has 0 saturated carbocycles. The second kappa shape index (κ2) is 8.18. The van der Waals surface area contributed by atoms with Gasteiger partial charge < -0.3 is 10.1 Å². The van der Waals surface area contributed by atoms with Gasteiger partial charge in [-0.2, -0.15) is 0 Å². The maximum absolute atomic E-state index is 13.0. The maximum atomic E-state index is 13.0. The molecule has 26 heavy (non-hydrogen) atoms. The average molecular weight is 380 g/mol. The number of halogens is 1. The van der Waals surface area contributed by atoms with Crippen molar-refractivity contribution in [1.29, 1.82) is 0 Å². The number of amides is 1. The molecule has 1 atom stereocenters. The number of anilines is 1. The van der Waals surface area contributed by atoms with Crippen molar-refractivity contribution in [3.8, 4) is 5.75 Å². The first-order valence-electron chi connectivity index (χ1n) is 7.88. The second-order valence-corrected chi connectivity index (χ2v) is 7.69. The van der Waals surface area contributed by atoms with Gasteiger partial charge in [0.15, 0.2) is 0 Å². The van der Waals surface area contributed by atoms with Crippen LogP contribution in [0, 0.1) is 5.82 Å². The first-order valence-corrected chi connectivity index (χ1v) is 9.72. The summed E-state index contributed by atoms with van der Waals surface area (Å²) < 4.78 is 43.5. The van der Waals surface area contributed by atoms with Gasteiger partial charge in [-0.25, -0.2) is 12.8 Å². The molecule has 0 fully saturated rings. The lowest BCUT2D eigenvalue weighted by molar-refractivity contribution is -0.120. The third-order valence-corrected chi connectivity index (χ3v) is 4.92. The summed E-state index contributed by atoms with van der Waals surface area (Å²) in [6, 6.07) is 11.9. The molecule has 1 amide bonds. The minimum atomic E-state index is -3.71. The van der Waals surface area contributed by atoms with Crippen LogP contribution in [0.15, 0.2) is 48.5 Å². The zero-order valence-electron chi connectivity index (χ0n) is 14.8. The van der Waals surface area contributed by atoms with E-state index >= 15 is 0 Å². The van der Waals surface area contributed by atoms with Crippen LogP contribution in [-0.2, 0) is 14.8 Å². The molecule has 6 nitrogen and oxygen atoms in total. The molecule has 1 N–H and O–H groups in total. The third-order valence-electron chi connectivity index (χ3n) is 3.79. The minimum Gasteiger partial charge on any atom is -0.495 e. The smallest absolute Gasteiger partial charge is 0.241 e. The van der Waals surface area contributed by atoms with E-state index in [1.54, 1.807) is 43.3 Å². The molecule has 0 aliphatic carbocycles. The molecule has 0 saturated heterocycles. The van der Waals surface area contributed by atoms with Crippen molar-refractivity contribution in [3.63, 3.8) is 0 Å². The fourth-order valence-corrected chi connectivity index (χ4v) is 3.33. The lowest BCUT2D eigenvalue weighted by atomic mass is 10.1. The van der Waals surface area contributed by atoms with Gasteiger partial charge in [0, 0.05) is 0 Å². The van der Waals surface area contributed by atoms with E-state index in [4.69, 9.17) is 4.74 Å². The number of nitrogens with one attached hydrogen (secondary N) is 1. The molecule has 0 spiro atoms. The Bertz CT molecular complexity index is 869. The predicted molar refractivity (Wildman–Crippen MR) is 98.1 cm³/mol. The van der Waals surface area contributed by atoms with Crippen molar-refractivity contribution in [2.24, 2.45) is 0 Å². The highest BCUT2D eigenvalue weighted by Crippen LogP contribution is 2.29. The standard InChI is InChI=1S/C18H21FN2O4S/c1-13(14-8-10-15(19)11-9-14)20-18(22)12-21(26(3,23)24)16-6-4-5-7-17(16)25-2/h4-11,13H,12H2,1-3H3,(H,20,22)/t13-/m0/s1. The summed E-state index contributed by atoms with van der Waals surface area (Å²) in [4.78, 5) is 12.4. The molecule has 2 aromatic rings. The number of benzene rings is 2. The van der Waals surface area contributed by atoms with Crippen LogP contribution in [0.4, 0.5) is 10.1 Å². The maximum Gasteiger partial charge on any atom is 0.241 e. The minimum absolute atomic E-state index is 0.280. The Balaban J connectivity index is 2.18. The number of para-hydroxylation sites is 2. The molecular weight excluding hydrogens is 359 g/mol. The Kier molecular flexibility index (Phi) is 6.20. The molecule has 0 heterocycles. The van der Waals surface area contributed by atoms with Gasteiger partial charge >= 0.3 is 0 Å². The first kappa shape index (κ1) is 19.7. The predicted octanol–water partition coefficient (Wildman–Crippen LogP) is 2.48. The Morgan fingerprint density at radius 3 is 2.38 bits per heavy atom. The van der Waals surface area contributed by atoms with Crippen LogP contribution in [0.2, 0.25) is 0 Å². The monoisotopic (exact) mass is 380 g/mol. The number of rotatable bonds is 7. The number of hydrogen-bond acceptors (Lipinski definition) is 4. The van der Waals surface area contributed by atoms with Crippen LogP contribution < -0.4 is 14.4 Å². The van der Waals surface area contributed by atoms with Gasteiger partial charge in [0.05, 0.1) is 25.1 Å². The van der Waals surface area contributed by atoms with Crippen LogP contribution in [0.1, 0.15) is 18.5 Å². The van der Waals surface area contributed by atoms with E-state index in [9.17, 15) is 17.6 Å². The summed E-state index contributed by atoms with van der Waals surface area (Å²) >= 11 is 0. The molecule has 140 valence electrons. The van der Waals surface area contributed by atoms with E-state index in [0.717, 1.165) is 10.6 Å². The molecule has 0 radical (unpaired) electrons. The zero-order chi connectivity index (χ0) is 19.3. The van der Waals surface area contributed by atoms with E-state index in [2.05, 4.69) is 5.32 Å². The third kappa shape index (κ3) is 4.95. The van der Waals surface area contributed by atoms with Gasteiger partial charge in [-0.1, -0.05) is 24.3 Å². The largest absolute Gasteiger partial charge is 0.495 e. The summed E-state index contributed by atoms with van der Waals surface area (Å²) in [5, 5.41) is 2.72. The Hall–Kier alpha value is -2.61. The SMILES string of the molecule is COc1ccccc1N(CC(=O)N[C@@H](C)c1ccc(F)cc1)S(C)(=O)=O. The lowest BCUT2D eigenvalue weighted by Gasteiger charge is -2.24. The summed E-state index contributed by atoms with van der Waals surface area (Å²) in [7, 11) is -2.28. The van der Waals surface area contributed by atoms with E-state index in [1.165, 1.54) is 19.2 Å². The molecular formula is C18H21FN2O4S. The number of ether oxygens (including phenoxy) is 1. The van der Waals surface area contributed by atoms with Crippen molar-refractivity contribution in [2.45, 2.75) is 13.0 Å². The van der Waals surface area contributed by atoms with E-state index in [0.29, 0.717) is 11.3 Å². The highest BCUT2D eigenvalue weighted by molar-refractivity contribution is 7.92. The van der Waals surface area contributed by atoms with Crippen LogP contribution in [0.5, 0.6) is 5.75 Å². The summed E-state index contributed by atoms with van der Waals surface area (Å²) in [6.45, 7) is 1.34. The van der Waals surface area contributed by atoms with Gasteiger partial charge in [0.1, 0.15) is 18.1 Å².